The molecular weight excluding hydrogens is 328 g/mol. The third-order valence-electron chi connectivity index (χ3n) is 5.20. The first-order chi connectivity index (χ1) is 12.7. The quantitative estimate of drug-likeness (QED) is 0.725. The molecule has 6 heteroatoms. The zero-order chi connectivity index (χ0) is 18.1. The number of para-hydroxylation sites is 1. The minimum absolute atomic E-state index is 0.0144. The Bertz CT molecular complexity index is 922. The van der Waals surface area contributed by atoms with Gasteiger partial charge in [0.25, 0.3) is 5.91 Å². The van der Waals surface area contributed by atoms with E-state index >= 15 is 0 Å². The molecule has 1 fully saturated rings. The largest absolute Gasteiger partial charge is 0.384 e. The highest BCUT2D eigenvalue weighted by atomic mass is 16.5. The van der Waals surface area contributed by atoms with Gasteiger partial charge in [-0.1, -0.05) is 18.2 Å². The number of hydrogen-bond donors (Lipinski definition) is 0. The molecule has 2 atom stereocenters. The van der Waals surface area contributed by atoms with Gasteiger partial charge in [-0.3, -0.25) is 14.5 Å². The fourth-order valence-corrected chi connectivity index (χ4v) is 3.93. The molecule has 0 spiro atoms. The van der Waals surface area contributed by atoms with Gasteiger partial charge in [-0.2, -0.15) is 5.10 Å². The highest BCUT2D eigenvalue weighted by Crippen LogP contribution is 2.34. The number of aryl methyl sites for hydroxylation is 1. The van der Waals surface area contributed by atoms with E-state index in [-0.39, 0.29) is 17.7 Å². The Morgan fingerprint density at radius 2 is 1.96 bits per heavy atom. The Morgan fingerprint density at radius 1 is 1.19 bits per heavy atom. The Morgan fingerprint density at radius 3 is 2.73 bits per heavy atom. The maximum atomic E-state index is 13.2. The lowest BCUT2D eigenvalue weighted by Gasteiger charge is -2.17. The van der Waals surface area contributed by atoms with E-state index in [4.69, 9.17) is 4.74 Å². The molecule has 1 aliphatic heterocycles. The molecule has 2 unspecified atom stereocenters. The molecule has 26 heavy (non-hydrogen) atoms. The van der Waals surface area contributed by atoms with Crippen LogP contribution < -0.4 is 0 Å². The predicted octanol–water partition coefficient (Wildman–Crippen LogP) is 2.47. The first-order valence-electron chi connectivity index (χ1n) is 8.79. The van der Waals surface area contributed by atoms with Crippen molar-refractivity contribution < 1.29 is 9.53 Å². The summed E-state index contributed by atoms with van der Waals surface area (Å²) in [6.45, 7) is 1.96. The van der Waals surface area contributed by atoms with Gasteiger partial charge in [0.15, 0.2) is 5.69 Å². The van der Waals surface area contributed by atoms with Crippen molar-refractivity contribution in [1.82, 2.24) is 19.7 Å². The van der Waals surface area contributed by atoms with Gasteiger partial charge in [-0.15, -0.1) is 0 Å². The molecule has 3 heterocycles. The zero-order valence-electron chi connectivity index (χ0n) is 15.0. The molecule has 6 nitrogen and oxygen atoms in total. The molecule has 0 aliphatic carbocycles. The van der Waals surface area contributed by atoms with Gasteiger partial charge in [0.2, 0.25) is 0 Å². The van der Waals surface area contributed by atoms with Crippen LogP contribution in [0.15, 0.2) is 48.8 Å². The van der Waals surface area contributed by atoms with E-state index in [1.165, 1.54) is 5.56 Å². The Hall–Kier alpha value is -2.73. The maximum absolute atomic E-state index is 13.2. The van der Waals surface area contributed by atoms with Crippen molar-refractivity contribution in [2.45, 2.75) is 5.92 Å². The van der Waals surface area contributed by atoms with Gasteiger partial charge < -0.3 is 9.64 Å². The molecule has 0 N–H and O–H groups in total. The number of pyridine rings is 1. The van der Waals surface area contributed by atoms with Gasteiger partial charge in [0.05, 0.1) is 12.1 Å². The maximum Gasteiger partial charge on any atom is 0.275 e. The summed E-state index contributed by atoms with van der Waals surface area (Å²) in [5, 5.41) is 5.39. The zero-order valence-corrected chi connectivity index (χ0v) is 15.0. The highest BCUT2D eigenvalue weighted by molar-refractivity contribution is 6.05. The molecule has 1 amide bonds. The normalized spacial score (nSPS) is 20.0. The van der Waals surface area contributed by atoms with Crippen LogP contribution in [0, 0.1) is 5.92 Å². The number of likely N-dealkylation sites (tertiary alicyclic amines) is 1. The van der Waals surface area contributed by atoms with Gasteiger partial charge in [-0.25, -0.2) is 0 Å². The second-order valence-electron chi connectivity index (χ2n) is 6.80. The smallest absolute Gasteiger partial charge is 0.275 e. The first kappa shape index (κ1) is 16.7. The van der Waals surface area contributed by atoms with Crippen LogP contribution in [-0.2, 0) is 11.8 Å². The number of rotatable bonds is 4. The summed E-state index contributed by atoms with van der Waals surface area (Å²) in [6, 6.07) is 11.9. The van der Waals surface area contributed by atoms with Crippen LogP contribution in [0.4, 0.5) is 0 Å². The lowest BCUT2D eigenvalue weighted by molar-refractivity contribution is 0.0770. The van der Waals surface area contributed by atoms with Crippen LogP contribution in [0.1, 0.15) is 22.0 Å². The summed E-state index contributed by atoms with van der Waals surface area (Å²) >= 11 is 0. The number of aromatic nitrogens is 3. The van der Waals surface area contributed by atoms with Gasteiger partial charge >= 0.3 is 0 Å². The average molecular weight is 350 g/mol. The third-order valence-corrected chi connectivity index (χ3v) is 5.20. The van der Waals surface area contributed by atoms with Gasteiger partial charge in [0.1, 0.15) is 0 Å². The summed E-state index contributed by atoms with van der Waals surface area (Å²) in [6.07, 6.45) is 3.60. The van der Waals surface area contributed by atoms with E-state index in [2.05, 4.69) is 10.1 Å². The Labute approximate surface area is 152 Å². The molecule has 1 aliphatic rings. The summed E-state index contributed by atoms with van der Waals surface area (Å²) < 4.78 is 7.18. The summed E-state index contributed by atoms with van der Waals surface area (Å²) in [5.41, 5.74) is 2.69. The number of hydrogen-bond acceptors (Lipinski definition) is 4. The SMILES string of the molecule is COCC1CN(C(=O)c2nn(C)c3ccccc23)CC1c1ccncc1. The first-order valence-corrected chi connectivity index (χ1v) is 8.79. The van der Waals surface area contributed by atoms with Crippen molar-refractivity contribution in [2.75, 3.05) is 26.8 Å². The number of nitrogens with zero attached hydrogens (tertiary/aromatic N) is 4. The molecule has 1 aromatic carbocycles. The number of methoxy groups -OCH3 is 1. The minimum atomic E-state index is -0.0144. The van der Waals surface area contributed by atoms with Crippen molar-refractivity contribution in [3.05, 3.63) is 60.0 Å². The standard InChI is InChI=1S/C20H22N4O2/c1-23-18-6-4-3-5-16(18)19(22-23)20(25)24-11-15(13-26-2)17(12-24)14-7-9-21-10-8-14/h3-10,15,17H,11-13H2,1-2H3. The minimum Gasteiger partial charge on any atom is -0.384 e. The van der Waals surface area contributed by atoms with Crippen LogP contribution in [0.5, 0.6) is 0 Å². The fourth-order valence-electron chi connectivity index (χ4n) is 3.93. The average Bonchev–Trinajstić information content (AvgIpc) is 3.24. The summed E-state index contributed by atoms with van der Waals surface area (Å²) in [7, 11) is 3.58. The molecular formula is C20H22N4O2. The van der Waals surface area contributed by atoms with Gasteiger partial charge in [0, 0.05) is 56.9 Å². The molecule has 134 valence electrons. The Balaban J connectivity index is 1.64. The van der Waals surface area contributed by atoms with Crippen LogP contribution in [0.25, 0.3) is 10.9 Å². The number of carbonyl (C=O) groups excluding carboxylic acids is 1. The molecule has 4 rings (SSSR count). The van der Waals surface area contributed by atoms with E-state index in [9.17, 15) is 4.79 Å². The number of benzene rings is 1. The number of amides is 1. The second-order valence-corrected chi connectivity index (χ2v) is 6.80. The monoisotopic (exact) mass is 350 g/mol. The molecule has 0 saturated carbocycles. The van der Waals surface area contributed by atoms with Crippen molar-refractivity contribution in [2.24, 2.45) is 13.0 Å². The number of ether oxygens (including phenoxy) is 1. The van der Waals surface area contributed by atoms with Crippen LogP contribution in [0.3, 0.4) is 0 Å². The van der Waals surface area contributed by atoms with E-state index in [1.807, 2.05) is 48.3 Å². The van der Waals surface area contributed by atoms with Crippen molar-refractivity contribution in [1.29, 1.82) is 0 Å². The molecule has 3 aromatic rings. The van der Waals surface area contributed by atoms with Crippen LogP contribution in [0.2, 0.25) is 0 Å². The highest BCUT2D eigenvalue weighted by Gasteiger charge is 2.37. The van der Waals surface area contributed by atoms with E-state index < -0.39 is 0 Å². The molecule has 0 bridgehead atoms. The van der Waals surface area contributed by atoms with Crippen molar-refractivity contribution in [3.8, 4) is 0 Å². The second kappa shape index (κ2) is 6.88. The van der Waals surface area contributed by atoms with Crippen molar-refractivity contribution >= 4 is 16.8 Å². The van der Waals surface area contributed by atoms with Crippen molar-refractivity contribution in [3.63, 3.8) is 0 Å². The van der Waals surface area contributed by atoms with E-state index in [1.54, 1.807) is 24.2 Å². The lowest BCUT2D eigenvalue weighted by atomic mass is 9.90. The summed E-state index contributed by atoms with van der Waals surface area (Å²) in [4.78, 5) is 19.2. The van der Waals surface area contributed by atoms with E-state index in [0.29, 0.717) is 25.4 Å². The summed E-state index contributed by atoms with van der Waals surface area (Å²) in [5.74, 6) is 0.498. The predicted molar refractivity (Wildman–Crippen MR) is 99.0 cm³/mol. The van der Waals surface area contributed by atoms with Gasteiger partial charge in [-0.05, 0) is 23.8 Å². The lowest BCUT2D eigenvalue weighted by Crippen LogP contribution is -2.30. The molecule has 0 radical (unpaired) electrons. The topological polar surface area (TPSA) is 60.2 Å². The Kier molecular flexibility index (Phi) is 4.42. The third kappa shape index (κ3) is 2.86. The van der Waals surface area contributed by atoms with Crippen LogP contribution in [-0.4, -0.2) is 52.4 Å². The molecule has 1 saturated heterocycles. The fraction of sp³-hybridized carbons (Fsp3) is 0.350. The molecule has 2 aromatic heterocycles. The number of carbonyl (C=O) groups is 1. The number of fused-ring (bicyclic) bond motifs is 1. The van der Waals surface area contributed by atoms with Crippen LogP contribution >= 0.6 is 0 Å². The van der Waals surface area contributed by atoms with E-state index in [0.717, 1.165) is 10.9 Å².